The van der Waals surface area contributed by atoms with Crippen molar-refractivity contribution in [2.75, 3.05) is 6.54 Å². The number of phenols is 1. The Hall–Kier alpha value is -4.66. The average Bonchev–Trinajstić information content (AvgIpc) is 3.17. The fraction of sp³-hybridized carbons (Fsp3) is 0.320. The molecule has 0 saturated carbocycles. The number of nitrogens with zero attached hydrogens (tertiary/aromatic N) is 2. The number of amidine groups is 1. The summed E-state index contributed by atoms with van der Waals surface area (Å²) in [6, 6.07) is 8.36. The number of amides is 3. The van der Waals surface area contributed by atoms with E-state index in [0.29, 0.717) is 5.56 Å². The van der Waals surface area contributed by atoms with Gasteiger partial charge in [-0.3, -0.25) is 29.9 Å². The molecule has 4 rings (SSSR count). The van der Waals surface area contributed by atoms with E-state index in [4.69, 9.17) is 5.41 Å². The number of nitro benzene ring substituents is 1. The van der Waals surface area contributed by atoms with Crippen LogP contribution < -0.4 is 16.0 Å². The summed E-state index contributed by atoms with van der Waals surface area (Å²) < 4.78 is -0.771. The van der Waals surface area contributed by atoms with Gasteiger partial charge in [0.2, 0.25) is 17.7 Å². The number of thioether (sulfide) groups is 1. The van der Waals surface area contributed by atoms with Crippen LogP contribution in [0.15, 0.2) is 48.5 Å². The summed E-state index contributed by atoms with van der Waals surface area (Å²) in [7, 11) is 0. The van der Waals surface area contributed by atoms with Crippen molar-refractivity contribution in [3.05, 3.63) is 69.8 Å². The molecule has 2 aliphatic rings. The number of carboxylic acids is 1. The van der Waals surface area contributed by atoms with Gasteiger partial charge in [0, 0.05) is 16.4 Å². The Morgan fingerprint density at radius 3 is 2.50 bits per heavy atom. The lowest BCUT2D eigenvalue weighted by Crippen LogP contribution is -2.71. The summed E-state index contributed by atoms with van der Waals surface area (Å²) in [6.45, 7) is 2.97. The number of benzene rings is 2. The first-order chi connectivity index (χ1) is 18.8. The lowest BCUT2D eigenvalue weighted by Gasteiger charge is -2.44. The molecular formula is C25H26N6O8S. The van der Waals surface area contributed by atoms with Crippen LogP contribution in [0.2, 0.25) is 0 Å². The van der Waals surface area contributed by atoms with E-state index in [2.05, 4.69) is 16.0 Å². The monoisotopic (exact) mass is 570 g/mol. The van der Waals surface area contributed by atoms with E-state index in [1.807, 2.05) is 0 Å². The molecular weight excluding hydrogens is 544 g/mol. The van der Waals surface area contributed by atoms with Crippen LogP contribution in [0.3, 0.4) is 0 Å². The maximum Gasteiger partial charge on any atom is 0.327 e. The molecule has 2 saturated heterocycles. The van der Waals surface area contributed by atoms with Crippen LogP contribution in [-0.4, -0.2) is 78.3 Å². The van der Waals surface area contributed by atoms with Crippen molar-refractivity contribution in [3.8, 4) is 5.75 Å². The number of fused-ring (bicyclic) bond motifs is 1. The molecule has 2 aromatic rings. The van der Waals surface area contributed by atoms with Crippen LogP contribution in [-0.2, 0) is 19.2 Å². The number of β-lactam (4-membered cyclic amide) rings is 1. The van der Waals surface area contributed by atoms with Crippen molar-refractivity contribution >= 4 is 47.0 Å². The largest absolute Gasteiger partial charge is 0.502 e. The standard InChI is InChI=1S/C25H26N6O8S/c1-25(2)19(24(36)37)30-22(35)18(23(30)40-25)29-21(34)17(12-6-4-3-5-7-12)28-16(33)11-27-20(26)13-8-9-15(32)14(10-13)31(38)39/h3-10,17-19,23,32H,11H2,1-2H3,(H2,26,27)(H,28,33)(H,29,34)(H,36,37)/t17?,18?,19-,23+/m0/s1. The number of hydrogen-bond donors (Lipinski definition) is 6. The van der Waals surface area contributed by atoms with E-state index in [0.717, 1.165) is 12.1 Å². The number of carbonyl (C=O) groups excluding carboxylic acids is 3. The van der Waals surface area contributed by atoms with Crippen molar-refractivity contribution < 1.29 is 34.3 Å². The number of aromatic hydroxyl groups is 1. The van der Waals surface area contributed by atoms with Crippen LogP contribution in [0.25, 0.3) is 0 Å². The molecule has 0 bridgehead atoms. The molecule has 0 aromatic heterocycles. The molecule has 0 aliphatic carbocycles. The zero-order chi connectivity index (χ0) is 29.4. The number of hydrogen-bond acceptors (Lipinski definition) is 9. The van der Waals surface area contributed by atoms with E-state index in [1.54, 1.807) is 44.2 Å². The Labute approximate surface area is 231 Å². The zero-order valence-corrected chi connectivity index (χ0v) is 22.1. The van der Waals surface area contributed by atoms with Gasteiger partial charge < -0.3 is 31.1 Å². The fourth-order valence-corrected chi connectivity index (χ4v) is 6.26. The molecule has 210 valence electrons. The molecule has 0 spiro atoms. The fourth-order valence-electron chi connectivity index (χ4n) is 4.64. The first kappa shape index (κ1) is 28.4. The summed E-state index contributed by atoms with van der Waals surface area (Å²) in [5, 5.41) is 45.5. The molecule has 0 radical (unpaired) electrons. The minimum atomic E-state index is -1.21. The predicted octanol–water partition coefficient (Wildman–Crippen LogP) is 0.705. The first-order valence-corrected chi connectivity index (χ1v) is 12.9. The highest BCUT2D eigenvalue weighted by Gasteiger charge is 2.64. The molecule has 2 fully saturated rings. The summed E-state index contributed by atoms with van der Waals surface area (Å²) in [4.78, 5) is 62.1. The van der Waals surface area contributed by atoms with Gasteiger partial charge in [-0.05, 0) is 31.5 Å². The van der Waals surface area contributed by atoms with Gasteiger partial charge in [-0.2, -0.15) is 0 Å². The number of aliphatic carboxylic acids is 1. The average molecular weight is 571 g/mol. The van der Waals surface area contributed by atoms with Crippen LogP contribution in [0.5, 0.6) is 5.75 Å². The van der Waals surface area contributed by atoms with Crippen molar-refractivity contribution in [2.45, 2.75) is 42.1 Å². The van der Waals surface area contributed by atoms with Crippen LogP contribution in [0.4, 0.5) is 5.69 Å². The maximum absolute atomic E-state index is 13.3. The number of nitro groups is 1. The number of rotatable bonds is 9. The molecule has 2 heterocycles. The molecule has 4 atom stereocenters. The topological polar surface area (TPSA) is 215 Å². The smallest absolute Gasteiger partial charge is 0.327 e. The van der Waals surface area contributed by atoms with Gasteiger partial charge in [-0.1, -0.05) is 30.3 Å². The van der Waals surface area contributed by atoms with E-state index in [1.165, 1.54) is 22.7 Å². The van der Waals surface area contributed by atoms with Crippen molar-refractivity contribution in [1.29, 1.82) is 5.41 Å². The van der Waals surface area contributed by atoms with Gasteiger partial charge >= 0.3 is 11.7 Å². The van der Waals surface area contributed by atoms with Crippen molar-refractivity contribution in [1.82, 2.24) is 20.9 Å². The van der Waals surface area contributed by atoms with Crippen molar-refractivity contribution in [2.24, 2.45) is 0 Å². The highest BCUT2D eigenvalue weighted by Crippen LogP contribution is 2.50. The number of phenolic OH excluding ortho intramolecular Hbond substituents is 1. The second kappa shape index (κ2) is 10.8. The van der Waals surface area contributed by atoms with E-state index < -0.39 is 74.8 Å². The summed E-state index contributed by atoms with van der Waals surface area (Å²) >= 11 is 1.27. The predicted molar refractivity (Wildman–Crippen MR) is 143 cm³/mol. The van der Waals surface area contributed by atoms with Gasteiger partial charge in [0.1, 0.15) is 29.3 Å². The highest BCUT2D eigenvalue weighted by atomic mass is 32.2. The minimum absolute atomic E-state index is 0.0550. The van der Waals surface area contributed by atoms with Crippen LogP contribution >= 0.6 is 11.8 Å². The quantitative estimate of drug-likeness (QED) is 0.0816. The van der Waals surface area contributed by atoms with Crippen molar-refractivity contribution in [3.63, 3.8) is 0 Å². The second-order valence-corrected chi connectivity index (χ2v) is 11.5. The second-order valence-electron chi connectivity index (χ2n) is 9.68. The molecule has 40 heavy (non-hydrogen) atoms. The third-order valence-corrected chi connectivity index (χ3v) is 8.13. The Kier molecular flexibility index (Phi) is 7.68. The summed E-state index contributed by atoms with van der Waals surface area (Å²) in [5.41, 5.74) is -0.125. The van der Waals surface area contributed by atoms with Gasteiger partial charge in [-0.25, -0.2) is 4.79 Å². The molecule has 15 heteroatoms. The Bertz CT molecular complexity index is 1400. The zero-order valence-electron chi connectivity index (χ0n) is 21.3. The highest BCUT2D eigenvalue weighted by molar-refractivity contribution is 8.01. The molecule has 3 amide bonds. The summed E-state index contributed by atoms with van der Waals surface area (Å²) in [6.07, 6.45) is 0. The Morgan fingerprint density at radius 2 is 1.88 bits per heavy atom. The molecule has 2 aliphatic heterocycles. The van der Waals surface area contributed by atoms with Gasteiger partial charge in [-0.15, -0.1) is 11.8 Å². The molecule has 14 nitrogen and oxygen atoms in total. The van der Waals surface area contributed by atoms with E-state index in [9.17, 15) is 39.5 Å². The normalized spacial score (nSPS) is 21.4. The summed E-state index contributed by atoms with van der Waals surface area (Å²) in [5.74, 6) is -3.92. The third kappa shape index (κ3) is 5.40. The Morgan fingerprint density at radius 1 is 1.20 bits per heavy atom. The first-order valence-electron chi connectivity index (χ1n) is 12.0. The number of carbonyl (C=O) groups is 4. The lowest BCUT2D eigenvalue weighted by atomic mass is 9.95. The number of carboxylic acid groups (broad SMARTS) is 1. The molecule has 6 N–H and O–H groups in total. The number of nitrogens with one attached hydrogen (secondary N) is 4. The van der Waals surface area contributed by atoms with E-state index >= 15 is 0 Å². The molecule has 2 aromatic carbocycles. The van der Waals surface area contributed by atoms with Gasteiger partial charge in [0.15, 0.2) is 5.75 Å². The van der Waals surface area contributed by atoms with Crippen LogP contribution in [0.1, 0.15) is 31.0 Å². The molecule has 2 unspecified atom stereocenters. The Balaban J connectivity index is 1.43. The van der Waals surface area contributed by atoms with Crippen LogP contribution in [0, 0.1) is 15.5 Å². The third-order valence-electron chi connectivity index (χ3n) is 6.56. The van der Waals surface area contributed by atoms with Gasteiger partial charge in [0.05, 0.1) is 11.5 Å². The van der Waals surface area contributed by atoms with E-state index in [-0.39, 0.29) is 11.4 Å². The van der Waals surface area contributed by atoms with Gasteiger partial charge in [0.25, 0.3) is 0 Å². The minimum Gasteiger partial charge on any atom is -0.502 e. The lowest BCUT2D eigenvalue weighted by molar-refractivity contribution is -0.385. The maximum atomic E-state index is 13.3. The SMILES string of the molecule is CC1(C)S[C@@H]2C(NC(=O)C(NC(=O)CNC(=N)c3ccc(O)c([N+](=O)[O-])c3)c3ccccc3)C(=O)N2[C@H]1C(=O)O.